The standard InChI is InChI=1S/C13H10BrF3N2O4S2/c14-8-6-12(7(5-9(8)18)13(15,16)17)24(20,21)10-3-1-2-4-11(10)25(19,22)23/h1-6H,18H2,(H2,19,22,23). The van der Waals surface area contributed by atoms with Crippen molar-refractivity contribution < 1.29 is 30.0 Å². The molecule has 0 amide bonds. The topological polar surface area (TPSA) is 120 Å². The van der Waals surface area contributed by atoms with Gasteiger partial charge in [-0.3, -0.25) is 0 Å². The van der Waals surface area contributed by atoms with E-state index in [-0.39, 0.29) is 10.2 Å². The maximum absolute atomic E-state index is 13.3. The summed E-state index contributed by atoms with van der Waals surface area (Å²) < 4.78 is 88.4. The second kappa shape index (κ2) is 6.27. The molecular weight excluding hydrogens is 449 g/mol. The normalized spacial score (nSPS) is 13.0. The van der Waals surface area contributed by atoms with Crippen LogP contribution in [0.1, 0.15) is 5.56 Å². The molecule has 136 valence electrons. The van der Waals surface area contributed by atoms with E-state index in [9.17, 15) is 30.0 Å². The van der Waals surface area contributed by atoms with E-state index in [0.29, 0.717) is 12.1 Å². The molecule has 0 aliphatic heterocycles. The largest absolute Gasteiger partial charge is 0.417 e. The Kier molecular flexibility index (Phi) is 4.94. The van der Waals surface area contributed by atoms with Crippen molar-refractivity contribution in [3.63, 3.8) is 0 Å². The lowest BCUT2D eigenvalue weighted by Gasteiger charge is -2.16. The van der Waals surface area contributed by atoms with E-state index in [4.69, 9.17) is 10.9 Å². The van der Waals surface area contributed by atoms with Gasteiger partial charge in [0, 0.05) is 10.2 Å². The SMILES string of the molecule is Nc1cc(C(F)(F)F)c(S(=O)(=O)c2ccccc2S(N)(=O)=O)cc1Br. The predicted octanol–water partition coefficient (Wildman–Crippen LogP) is 2.53. The van der Waals surface area contributed by atoms with Crippen LogP contribution >= 0.6 is 15.9 Å². The molecule has 2 aromatic rings. The molecule has 0 aliphatic carbocycles. The molecule has 0 radical (unpaired) electrons. The number of benzene rings is 2. The third-order valence-electron chi connectivity index (χ3n) is 3.14. The molecular formula is C13H10BrF3N2O4S2. The number of nitrogen functional groups attached to an aromatic ring is 1. The molecule has 0 saturated heterocycles. The number of hydrogen-bond acceptors (Lipinski definition) is 5. The Morgan fingerprint density at radius 3 is 1.92 bits per heavy atom. The van der Waals surface area contributed by atoms with Gasteiger partial charge in [-0.1, -0.05) is 12.1 Å². The van der Waals surface area contributed by atoms with Gasteiger partial charge in [0.15, 0.2) is 0 Å². The first-order valence-electron chi connectivity index (χ1n) is 6.29. The fourth-order valence-corrected chi connectivity index (χ4v) is 5.40. The number of primary sulfonamides is 1. The zero-order valence-electron chi connectivity index (χ0n) is 12.1. The molecule has 0 saturated carbocycles. The summed E-state index contributed by atoms with van der Waals surface area (Å²) in [7, 11) is -9.36. The van der Waals surface area contributed by atoms with Gasteiger partial charge in [-0.05, 0) is 40.2 Å². The molecule has 25 heavy (non-hydrogen) atoms. The van der Waals surface area contributed by atoms with Gasteiger partial charge in [0.25, 0.3) is 0 Å². The molecule has 6 nitrogen and oxygen atoms in total. The summed E-state index contributed by atoms with van der Waals surface area (Å²) in [5.41, 5.74) is 3.57. The van der Waals surface area contributed by atoms with E-state index < -0.39 is 46.3 Å². The van der Waals surface area contributed by atoms with E-state index in [1.54, 1.807) is 0 Å². The van der Waals surface area contributed by atoms with Crippen molar-refractivity contribution in [2.24, 2.45) is 5.14 Å². The molecule has 0 aromatic heterocycles. The maximum Gasteiger partial charge on any atom is 0.417 e. The van der Waals surface area contributed by atoms with Crippen LogP contribution in [-0.4, -0.2) is 16.8 Å². The second-order valence-corrected chi connectivity index (χ2v) is 9.13. The van der Waals surface area contributed by atoms with Crippen LogP contribution in [0.5, 0.6) is 0 Å². The van der Waals surface area contributed by atoms with Crippen LogP contribution in [0.4, 0.5) is 18.9 Å². The van der Waals surface area contributed by atoms with Gasteiger partial charge in [-0.2, -0.15) is 13.2 Å². The third-order valence-corrected chi connectivity index (χ3v) is 6.78. The van der Waals surface area contributed by atoms with E-state index in [2.05, 4.69) is 15.9 Å². The number of sulfone groups is 1. The lowest BCUT2D eigenvalue weighted by Crippen LogP contribution is -2.19. The Bertz CT molecular complexity index is 1050. The fourth-order valence-electron chi connectivity index (χ4n) is 2.04. The summed E-state index contributed by atoms with van der Waals surface area (Å²) in [6, 6.07) is 5.24. The minimum absolute atomic E-state index is 0.0906. The smallest absolute Gasteiger partial charge is 0.398 e. The molecule has 2 aromatic carbocycles. The number of anilines is 1. The Hall–Kier alpha value is -1.63. The average molecular weight is 459 g/mol. The van der Waals surface area contributed by atoms with E-state index in [1.807, 2.05) is 0 Å². The van der Waals surface area contributed by atoms with Crippen LogP contribution in [0.2, 0.25) is 0 Å². The van der Waals surface area contributed by atoms with Gasteiger partial charge >= 0.3 is 6.18 Å². The lowest BCUT2D eigenvalue weighted by molar-refractivity contribution is -0.139. The van der Waals surface area contributed by atoms with Crippen LogP contribution in [-0.2, 0) is 26.0 Å². The van der Waals surface area contributed by atoms with Crippen molar-refractivity contribution in [1.82, 2.24) is 0 Å². The number of halogens is 4. The molecule has 0 bridgehead atoms. The minimum Gasteiger partial charge on any atom is -0.398 e. The summed E-state index contributed by atoms with van der Waals surface area (Å²) >= 11 is 2.87. The lowest BCUT2D eigenvalue weighted by atomic mass is 10.2. The Morgan fingerprint density at radius 2 is 1.44 bits per heavy atom. The first-order valence-corrected chi connectivity index (χ1v) is 10.1. The van der Waals surface area contributed by atoms with Gasteiger partial charge in [-0.15, -0.1) is 0 Å². The van der Waals surface area contributed by atoms with Crippen LogP contribution in [0.25, 0.3) is 0 Å². The number of hydrogen-bond donors (Lipinski definition) is 2. The second-order valence-electron chi connectivity index (χ2n) is 4.86. The van der Waals surface area contributed by atoms with Gasteiger partial charge in [0.05, 0.1) is 15.4 Å². The number of sulfonamides is 1. The summed E-state index contributed by atoms with van der Waals surface area (Å²) in [5, 5.41) is 4.97. The molecule has 0 fully saturated rings. The predicted molar refractivity (Wildman–Crippen MR) is 86.8 cm³/mol. The van der Waals surface area contributed by atoms with Gasteiger partial charge in [-0.25, -0.2) is 22.0 Å². The zero-order valence-corrected chi connectivity index (χ0v) is 15.3. The molecule has 0 heterocycles. The first kappa shape index (κ1) is 19.7. The third kappa shape index (κ3) is 3.81. The summed E-state index contributed by atoms with van der Waals surface area (Å²) in [6.45, 7) is 0. The molecule has 0 spiro atoms. The van der Waals surface area contributed by atoms with E-state index in [0.717, 1.165) is 12.1 Å². The summed E-state index contributed by atoms with van der Waals surface area (Å²) in [6.07, 6.45) is -5.03. The van der Waals surface area contributed by atoms with Crippen LogP contribution in [0.3, 0.4) is 0 Å². The van der Waals surface area contributed by atoms with E-state index in [1.165, 1.54) is 12.1 Å². The van der Waals surface area contributed by atoms with Crippen LogP contribution in [0.15, 0.2) is 55.6 Å². The molecule has 0 unspecified atom stereocenters. The Morgan fingerprint density at radius 1 is 0.920 bits per heavy atom. The van der Waals surface area contributed by atoms with Crippen molar-refractivity contribution in [3.05, 3.63) is 46.4 Å². The molecule has 2 rings (SSSR count). The highest BCUT2D eigenvalue weighted by Crippen LogP contribution is 2.40. The van der Waals surface area contributed by atoms with Gasteiger partial charge in [0.1, 0.15) is 4.90 Å². The molecule has 4 N–H and O–H groups in total. The quantitative estimate of drug-likeness (QED) is 0.684. The molecule has 12 heteroatoms. The molecule has 0 atom stereocenters. The highest BCUT2D eigenvalue weighted by Gasteiger charge is 2.39. The monoisotopic (exact) mass is 458 g/mol. The average Bonchev–Trinajstić information content (AvgIpc) is 2.47. The van der Waals surface area contributed by atoms with E-state index >= 15 is 0 Å². The van der Waals surface area contributed by atoms with Crippen molar-refractivity contribution in [1.29, 1.82) is 0 Å². The van der Waals surface area contributed by atoms with Crippen molar-refractivity contribution >= 4 is 41.5 Å². The summed E-state index contributed by atoms with van der Waals surface area (Å²) in [5.74, 6) is 0. The van der Waals surface area contributed by atoms with Gasteiger partial charge < -0.3 is 5.73 Å². The molecule has 0 aliphatic rings. The number of nitrogens with two attached hydrogens (primary N) is 2. The van der Waals surface area contributed by atoms with Crippen molar-refractivity contribution in [2.45, 2.75) is 20.9 Å². The Balaban J connectivity index is 2.91. The number of rotatable bonds is 3. The highest BCUT2D eigenvalue weighted by atomic mass is 79.9. The van der Waals surface area contributed by atoms with Crippen molar-refractivity contribution in [2.75, 3.05) is 5.73 Å². The fraction of sp³-hybridized carbons (Fsp3) is 0.0769. The van der Waals surface area contributed by atoms with Crippen LogP contribution in [0, 0.1) is 0 Å². The van der Waals surface area contributed by atoms with Crippen molar-refractivity contribution in [3.8, 4) is 0 Å². The summed E-state index contributed by atoms with van der Waals surface area (Å²) in [4.78, 5) is -2.81. The minimum atomic E-state index is -5.03. The van der Waals surface area contributed by atoms with Crippen LogP contribution < -0.4 is 10.9 Å². The zero-order chi connectivity index (χ0) is 19.2. The number of alkyl halides is 3. The maximum atomic E-state index is 13.3. The van der Waals surface area contributed by atoms with Gasteiger partial charge in [0.2, 0.25) is 19.9 Å². The highest BCUT2D eigenvalue weighted by molar-refractivity contribution is 9.10. The first-order chi connectivity index (χ1) is 11.3. The Labute approximate surface area is 149 Å².